The molecule has 3 nitrogen and oxygen atoms in total. The quantitative estimate of drug-likeness (QED) is 0.780. The van der Waals surface area contributed by atoms with E-state index >= 15 is 0 Å². The second-order valence-corrected chi connectivity index (χ2v) is 4.29. The fraction of sp³-hybridized carbons (Fsp3) is 0.417. The van der Waals surface area contributed by atoms with Gasteiger partial charge in [0.25, 0.3) is 5.78 Å². The lowest BCUT2D eigenvalue weighted by Crippen LogP contribution is -2.28. The third-order valence-electron chi connectivity index (χ3n) is 2.47. The molecule has 0 aliphatic heterocycles. The van der Waals surface area contributed by atoms with Gasteiger partial charge in [-0.2, -0.15) is 13.2 Å². The van der Waals surface area contributed by atoms with E-state index in [1.54, 1.807) is 34.3 Å². The van der Waals surface area contributed by atoms with Crippen LogP contribution in [0.15, 0.2) is 18.2 Å². The predicted octanol–water partition coefficient (Wildman–Crippen LogP) is 2.56. The van der Waals surface area contributed by atoms with E-state index in [4.69, 9.17) is 0 Å². The van der Waals surface area contributed by atoms with Crippen molar-refractivity contribution in [1.29, 1.82) is 0 Å². The fourth-order valence-electron chi connectivity index (χ4n) is 1.65. The van der Waals surface area contributed by atoms with Gasteiger partial charge in [0.05, 0.1) is 5.56 Å². The summed E-state index contributed by atoms with van der Waals surface area (Å²) in [4.78, 5) is 14.5. The largest absolute Gasteiger partial charge is 0.455 e. The van der Waals surface area contributed by atoms with Crippen molar-refractivity contribution in [3.63, 3.8) is 0 Å². The van der Waals surface area contributed by atoms with Crippen LogP contribution in [-0.4, -0.2) is 40.2 Å². The van der Waals surface area contributed by atoms with Gasteiger partial charge in [0.2, 0.25) is 0 Å². The predicted molar refractivity (Wildman–Crippen MR) is 65.5 cm³/mol. The molecule has 0 heterocycles. The Bertz CT molecular complexity index is 427. The molecule has 0 amide bonds. The van der Waals surface area contributed by atoms with Crippen LogP contribution in [0, 0.1) is 0 Å². The van der Waals surface area contributed by atoms with Gasteiger partial charge in [0, 0.05) is 39.6 Å². The van der Waals surface area contributed by atoms with Gasteiger partial charge in [-0.25, -0.2) is 0 Å². The van der Waals surface area contributed by atoms with Gasteiger partial charge in [-0.15, -0.1) is 0 Å². The van der Waals surface area contributed by atoms with Gasteiger partial charge >= 0.3 is 6.18 Å². The van der Waals surface area contributed by atoms with Crippen molar-refractivity contribution in [2.45, 2.75) is 6.18 Å². The first-order valence-electron chi connectivity index (χ1n) is 5.25. The molecule has 1 aromatic carbocycles. The highest BCUT2D eigenvalue weighted by atomic mass is 19.4. The smallest absolute Gasteiger partial charge is 0.377 e. The van der Waals surface area contributed by atoms with Gasteiger partial charge < -0.3 is 9.80 Å². The minimum Gasteiger partial charge on any atom is -0.377 e. The number of ketones is 1. The summed E-state index contributed by atoms with van der Waals surface area (Å²) in [7, 11) is 6.40. The number of hydrogen-bond acceptors (Lipinski definition) is 3. The standard InChI is InChI=1S/C12H15F3N2O/c1-16(2)8-6-5-7-9(17(3)4)10(8)11(18)12(13,14)15/h5-7H,1-4H3. The molecule has 18 heavy (non-hydrogen) atoms. The summed E-state index contributed by atoms with van der Waals surface area (Å²) in [6.45, 7) is 0. The van der Waals surface area contributed by atoms with Gasteiger partial charge in [0.1, 0.15) is 0 Å². The Balaban J connectivity index is 3.51. The Hall–Kier alpha value is -1.72. The zero-order chi connectivity index (χ0) is 14.1. The van der Waals surface area contributed by atoms with Crippen molar-refractivity contribution in [2.24, 2.45) is 0 Å². The first-order chi connectivity index (χ1) is 8.16. The van der Waals surface area contributed by atoms with E-state index in [0.717, 1.165) is 0 Å². The highest BCUT2D eigenvalue weighted by Crippen LogP contribution is 2.34. The lowest BCUT2D eigenvalue weighted by Gasteiger charge is -2.23. The van der Waals surface area contributed by atoms with Gasteiger partial charge in [-0.1, -0.05) is 6.07 Å². The van der Waals surface area contributed by atoms with Gasteiger partial charge in [-0.3, -0.25) is 4.79 Å². The van der Waals surface area contributed by atoms with Gasteiger partial charge in [0.15, 0.2) is 0 Å². The summed E-state index contributed by atoms with van der Waals surface area (Å²) in [6.07, 6.45) is -4.88. The minimum atomic E-state index is -4.88. The maximum absolute atomic E-state index is 12.6. The van der Waals surface area contributed by atoms with E-state index in [-0.39, 0.29) is 16.9 Å². The summed E-state index contributed by atoms with van der Waals surface area (Å²) in [5.74, 6) is -1.82. The van der Waals surface area contributed by atoms with Crippen LogP contribution < -0.4 is 9.80 Å². The molecular formula is C12H15F3N2O. The van der Waals surface area contributed by atoms with E-state index in [2.05, 4.69) is 0 Å². The van der Waals surface area contributed by atoms with Crippen molar-refractivity contribution in [3.8, 4) is 0 Å². The number of alkyl halides is 3. The Morgan fingerprint density at radius 2 is 1.39 bits per heavy atom. The molecule has 0 atom stereocenters. The molecular weight excluding hydrogens is 245 g/mol. The van der Waals surface area contributed by atoms with E-state index in [9.17, 15) is 18.0 Å². The molecule has 0 N–H and O–H groups in total. The Labute approximate surface area is 104 Å². The Morgan fingerprint density at radius 3 is 1.67 bits per heavy atom. The number of benzene rings is 1. The minimum absolute atomic E-state index is 0.253. The maximum atomic E-state index is 12.6. The number of anilines is 2. The van der Waals surface area contributed by atoms with Crippen LogP contribution in [0.3, 0.4) is 0 Å². The molecule has 0 radical (unpaired) electrons. The van der Waals surface area contributed by atoms with Crippen LogP contribution in [0.1, 0.15) is 10.4 Å². The third kappa shape index (κ3) is 2.75. The van der Waals surface area contributed by atoms with E-state index in [0.29, 0.717) is 0 Å². The normalized spacial score (nSPS) is 11.3. The van der Waals surface area contributed by atoms with Crippen LogP contribution in [0.4, 0.5) is 24.5 Å². The molecule has 0 saturated heterocycles. The second-order valence-electron chi connectivity index (χ2n) is 4.29. The van der Waals surface area contributed by atoms with Gasteiger partial charge in [-0.05, 0) is 12.1 Å². The van der Waals surface area contributed by atoms with Crippen molar-refractivity contribution < 1.29 is 18.0 Å². The molecule has 0 saturated carbocycles. The third-order valence-corrected chi connectivity index (χ3v) is 2.47. The number of halogens is 3. The van der Waals surface area contributed by atoms with Crippen LogP contribution in [0.5, 0.6) is 0 Å². The molecule has 100 valence electrons. The fourth-order valence-corrected chi connectivity index (χ4v) is 1.65. The van der Waals surface area contributed by atoms with Crippen molar-refractivity contribution in [3.05, 3.63) is 23.8 Å². The molecule has 6 heteroatoms. The topological polar surface area (TPSA) is 23.6 Å². The number of carbonyl (C=O) groups is 1. The van der Waals surface area contributed by atoms with E-state index < -0.39 is 12.0 Å². The molecule has 0 fully saturated rings. The maximum Gasteiger partial charge on any atom is 0.455 e. The van der Waals surface area contributed by atoms with Crippen LogP contribution in [-0.2, 0) is 0 Å². The highest BCUT2D eigenvalue weighted by molar-refractivity contribution is 6.09. The molecule has 1 aromatic rings. The second kappa shape index (κ2) is 4.88. The summed E-state index contributed by atoms with van der Waals surface area (Å²) in [5.41, 5.74) is 0.187. The summed E-state index contributed by atoms with van der Waals surface area (Å²) in [5, 5.41) is 0. The molecule has 0 aliphatic carbocycles. The number of rotatable bonds is 3. The van der Waals surface area contributed by atoms with Crippen LogP contribution in [0.2, 0.25) is 0 Å². The summed E-state index contributed by atoms with van der Waals surface area (Å²) >= 11 is 0. The zero-order valence-corrected chi connectivity index (χ0v) is 10.7. The molecule has 1 rings (SSSR count). The average Bonchev–Trinajstić information content (AvgIpc) is 2.25. The highest BCUT2D eigenvalue weighted by Gasteiger charge is 2.42. The lowest BCUT2D eigenvalue weighted by molar-refractivity contribution is -0.0884. The summed E-state index contributed by atoms with van der Waals surface area (Å²) in [6, 6.07) is 4.61. The molecule has 0 unspecified atom stereocenters. The summed E-state index contributed by atoms with van der Waals surface area (Å²) < 4.78 is 37.9. The van der Waals surface area contributed by atoms with Crippen molar-refractivity contribution >= 4 is 17.2 Å². The SMILES string of the molecule is CN(C)c1cccc(N(C)C)c1C(=O)C(F)(F)F. The first kappa shape index (κ1) is 14.3. The molecule has 0 spiro atoms. The Morgan fingerprint density at radius 1 is 1.00 bits per heavy atom. The average molecular weight is 260 g/mol. The van der Waals surface area contributed by atoms with E-state index in [1.807, 2.05) is 0 Å². The molecule has 0 bridgehead atoms. The number of Topliss-reactive ketones (excluding diaryl/α,β-unsaturated/α-hetero) is 1. The van der Waals surface area contributed by atoms with Crippen molar-refractivity contribution in [1.82, 2.24) is 0 Å². The van der Waals surface area contributed by atoms with Crippen LogP contribution in [0.25, 0.3) is 0 Å². The molecule has 0 aromatic heterocycles. The Kier molecular flexibility index (Phi) is 3.88. The molecule has 0 aliphatic rings. The monoisotopic (exact) mass is 260 g/mol. The lowest BCUT2D eigenvalue weighted by atomic mass is 10.0. The number of nitrogens with zero attached hydrogens (tertiary/aromatic N) is 2. The number of carbonyl (C=O) groups excluding carboxylic acids is 1. The van der Waals surface area contributed by atoms with E-state index in [1.165, 1.54) is 21.9 Å². The first-order valence-corrected chi connectivity index (χ1v) is 5.25. The zero-order valence-electron chi connectivity index (χ0n) is 10.7. The van der Waals surface area contributed by atoms with Crippen molar-refractivity contribution in [2.75, 3.05) is 38.0 Å². The van der Waals surface area contributed by atoms with Crippen LogP contribution >= 0.6 is 0 Å². The number of hydrogen-bond donors (Lipinski definition) is 0.